The van der Waals surface area contributed by atoms with E-state index >= 15 is 0 Å². The van der Waals surface area contributed by atoms with Crippen molar-refractivity contribution in [3.8, 4) is 0 Å². The minimum absolute atomic E-state index is 0.512. The molecule has 1 aliphatic rings. The second kappa shape index (κ2) is 4.35. The van der Waals surface area contributed by atoms with Gasteiger partial charge < -0.3 is 5.73 Å². The number of rotatable bonds is 2. The molecule has 5 heteroatoms. The lowest BCUT2D eigenvalue weighted by atomic mass is 9.80. The van der Waals surface area contributed by atoms with Crippen LogP contribution in [0.3, 0.4) is 0 Å². The van der Waals surface area contributed by atoms with E-state index in [1.54, 1.807) is 0 Å². The summed E-state index contributed by atoms with van der Waals surface area (Å²) in [5.41, 5.74) is 5.76. The summed E-state index contributed by atoms with van der Waals surface area (Å²) in [6.45, 7) is 3.24. The highest BCUT2D eigenvalue weighted by atomic mass is 32.1. The van der Waals surface area contributed by atoms with E-state index in [-0.39, 0.29) is 0 Å². The number of aromatic nitrogens is 3. The van der Waals surface area contributed by atoms with Gasteiger partial charge in [-0.3, -0.25) is 4.57 Å². The van der Waals surface area contributed by atoms with Crippen molar-refractivity contribution in [3.63, 3.8) is 0 Å². The number of hydrogen-bond donors (Lipinski definition) is 2. The number of nitrogens with zero attached hydrogens (tertiary/aromatic N) is 2. The van der Waals surface area contributed by atoms with E-state index in [2.05, 4.69) is 17.1 Å². The van der Waals surface area contributed by atoms with Crippen LogP contribution in [-0.4, -0.2) is 14.8 Å². The average Bonchev–Trinajstić information content (AvgIpc) is 2.53. The minimum Gasteiger partial charge on any atom is -0.368 e. The number of H-pyrrole nitrogens is 1. The van der Waals surface area contributed by atoms with E-state index < -0.39 is 0 Å². The Hall–Kier alpha value is -0.840. The lowest BCUT2D eigenvalue weighted by Gasteiger charge is -2.28. The molecular weight excluding hydrogens is 208 g/mol. The van der Waals surface area contributed by atoms with Crippen molar-refractivity contribution in [1.29, 1.82) is 0 Å². The summed E-state index contributed by atoms with van der Waals surface area (Å²) in [7, 11) is 0. The van der Waals surface area contributed by atoms with Gasteiger partial charge in [0.15, 0.2) is 4.77 Å². The largest absolute Gasteiger partial charge is 0.368 e. The van der Waals surface area contributed by atoms with E-state index in [4.69, 9.17) is 18.0 Å². The summed E-state index contributed by atoms with van der Waals surface area (Å²) in [5.74, 6) is 1.98. The van der Waals surface area contributed by atoms with E-state index in [1.165, 1.54) is 25.7 Å². The number of nitrogens with one attached hydrogen (secondary N) is 1. The number of anilines is 1. The Bertz CT molecular complexity index is 381. The first-order chi connectivity index (χ1) is 7.18. The molecule has 0 saturated heterocycles. The molecule has 0 aromatic carbocycles. The van der Waals surface area contributed by atoms with Crippen LogP contribution in [0.4, 0.5) is 5.95 Å². The molecule has 1 aromatic heterocycles. The summed E-state index contributed by atoms with van der Waals surface area (Å²) in [6.07, 6.45) is 5.31. The molecule has 0 radical (unpaired) electrons. The normalized spacial score (nSPS) is 26.7. The van der Waals surface area contributed by atoms with Gasteiger partial charge in [-0.1, -0.05) is 26.2 Å². The van der Waals surface area contributed by atoms with Gasteiger partial charge in [-0.05, 0) is 30.5 Å². The summed E-state index contributed by atoms with van der Waals surface area (Å²) >= 11 is 5.14. The highest BCUT2D eigenvalue weighted by Gasteiger charge is 2.22. The molecule has 0 spiro atoms. The first-order valence-corrected chi connectivity index (χ1v) is 6.00. The van der Waals surface area contributed by atoms with Crippen molar-refractivity contribution in [2.24, 2.45) is 11.8 Å². The molecule has 1 saturated carbocycles. The zero-order valence-corrected chi connectivity index (χ0v) is 9.89. The Morgan fingerprint density at radius 3 is 2.87 bits per heavy atom. The zero-order chi connectivity index (χ0) is 10.8. The van der Waals surface area contributed by atoms with Gasteiger partial charge in [0.2, 0.25) is 5.95 Å². The van der Waals surface area contributed by atoms with Gasteiger partial charge in [0.25, 0.3) is 0 Å². The van der Waals surface area contributed by atoms with Crippen molar-refractivity contribution in [2.75, 3.05) is 5.73 Å². The summed E-state index contributed by atoms with van der Waals surface area (Å²) in [5, 5.41) is 6.66. The van der Waals surface area contributed by atoms with E-state index in [9.17, 15) is 0 Å². The topological polar surface area (TPSA) is 59.6 Å². The van der Waals surface area contributed by atoms with Crippen LogP contribution in [-0.2, 0) is 6.54 Å². The fourth-order valence-corrected chi connectivity index (χ4v) is 2.62. The third kappa shape index (κ3) is 2.22. The summed E-state index contributed by atoms with van der Waals surface area (Å²) < 4.78 is 2.56. The highest BCUT2D eigenvalue weighted by Crippen LogP contribution is 2.31. The SMILES string of the molecule is CC1CCCCC1Cn1c(N)n[nH]c1=S. The van der Waals surface area contributed by atoms with Gasteiger partial charge in [-0.15, -0.1) is 5.10 Å². The summed E-state index contributed by atoms with van der Waals surface area (Å²) in [4.78, 5) is 0. The van der Waals surface area contributed by atoms with Crippen LogP contribution in [0.25, 0.3) is 0 Å². The maximum Gasteiger partial charge on any atom is 0.220 e. The molecule has 0 bridgehead atoms. The second-order valence-electron chi connectivity index (χ2n) is 4.52. The Labute approximate surface area is 94.9 Å². The van der Waals surface area contributed by atoms with E-state index in [1.807, 2.05) is 4.57 Å². The van der Waals surface area contributed by atoms with E-state index in [0.717, 1.165) is 12.5 Å². The van der Waals surface area contributed by atoms with Gasteiger partial charge in [-0.2, -0.15) is 0 Å². The van der Waals surface area contributed by atoms with Gasteiger partial charge in [-0.25, -0.2) is 5.10 Å². The third-order valence-corrected chi connectivity index (χ3v) is 3.81. The highest BCUT2D eigenvalue weighted by molar-refractivity contribution is 7.71. The smallest absolute Gasteiger partial charge is 0.220 e. The predicted octanol–water partition coefficient (Wildman–Crippen LogP) is 2.35. The standard InChI is InChI=1S/C10H18N4S/c1-7-4-2-3-5-8(7)6-14-9(11)12-13-10(14)15/h7-8H,2-6H2,1H3,(H2,11,12)(H,13,15). The van der Waals surface area contributed by atoms with Crippen LogP contribution in [0.2, 0.25) is 0 Å². The van der Waals surface area contributed by atoms with Crippen molar-refractivity contribution >= 4 is 18.2 Å². The number of nitrogen functional groups attached to an aromatic ring is 1. The lowest BCUT2D eigenvalue weighted by molar-refractivity contribution is 0.228. The van der Waals surface area contributed by atoms with Crippen molar-refractivity contribution in [2.45, 2.75) is 39.2 Å². The van der Waals surface area contributed by atoms with Gasteiger partial charge >= 0.3 is 0 Å². The molecular formula is C10H18N4S. The van der Waals surface area contributed by atoms with Crippen LogP contribution in [0, 0.1) is 16.6 Å². The number of nitrogens with two attached hydrogens (primary N) is 1. The first-order valence-electron chi connectivity index (χ1n) is 5.59. The van der Waals surface area contributed by atoms with Crippen molar-refractivity contribution < 1.29 is 0 Å². The monoisotopic (exact) mass is 226 g/mol. The molecule has 0 amide bonds. The van der Waals surface area contributed by atoms with Crippen molar-refractivity contribution in [3.05, 3.63) is 4.77 Å². The van der Waals surface area contributed by atoms with Crippen LogP contribution in [0.5, 0.6) is 0 Å². The fraction of sp³-hybridized carbons (Fsp3) is 0.800. The lowest BCUT2D eigenvalue weighted by Crippen LogP contribution is -2.22. The molecule has 1 aromatic rings. The number of hydrogen-bond acceptors (Lipinski definition) is 3. The van der Waals surface area contributed by atoms with Crippen molar-refractivity contribution in [1.82, 2.24) is 14.8 Å². The third-order valence-electron chi connectivity index (χ3n) is 3.49. The summed E-state index contributed by atoms with van der Waals surface area (Å²) in [6, 6.07) is 0. The molecule has 15 heavy (non-hydrogen) atoms. The molecule has 2 rings (SSSR count). The average molecular weight is 226 g/mol. The molecule has 2 unspecified atom stereocenters. The van der Waals surface area contributed by atoms with Crippen LogP contribution in [0.1, 0.15) is 32.6 Å². The Balaban J connectivity index is 2.10. The number of aromatic amines is 1. The maximum absolute atomic E-state index is 5.76. The molecule has 1 fully saturated rings. The molecule has 2 atom stereocenters. The maximum atomic E-state index is 5.76. The second-order valence-corrected chi connectivity index (χ2v) is 4.91. The Morgan fingerprint density at radius 2 is 2.27 bits per heavy atom. The Kier molecular flexibility index (Phi) is 3.09. The quantitative estimate of drug-likeness (QED) is 0.761. The first kappa shape index (κ1) is 10.7. The molecule has 0 aliphatic heterocycles. The van der Waals surface area contributed by atoms with Crippen LogP contribution < -0.4 is 5.73 Å². The fourth-order valence-electron chi connectivity index (χ4n) is 2.41. The van der Waals surface area contributed by atoms with Gasteiger partial charge in [0.1, 0.15) is 0 Å². The molecule has 4 nitrogen and oxygen atoms in total. The Morgan fingerprint density at radius 1 is 1.53 bits per heavy atom. The molecule has 3 N–H and O–H groups in total. The van der Waals surface area contributed by atoms with Gasteiger partial charge in [0, 0.05) is 6.54 Å². The molecule has 84 valence electrons. The van der Waals surface area contributed by atoms with Crippen LogP contribution in [0.15, 0.2) is 0 Å². The molecule has 1 aliphatic carbocycles. The minimum atomic E-state index is 0.512. The van der Waals surface area contributed by atoms with Gasteiger partial charge in [0.05, 0.1) is 0 Å². The predicted molar refractivity (Wildman–Crippen MR) is 62.9 cm³/mol. The van der Waals surface area contributed by atoms with Crippen LogP contribution >= 0.6 is 12.2 Å². The van der Waals surface area contributed by atoms with E-state index in [0.29, 0.717) is 16.6 Å². The molecule has 1 heterocycles. The zero-order valence-electron chi connectivity index (χ0n) is 9.07.